The van der Waals surface area contributed by atoms with Gasteiger partial charge in [0.2, 0.25) is 5.91 Å². The molecule has 1 aliphatic heterocycles. The number of nitrogens with zero attached hydrogens (tertiary/aromatic N) is 4. The second-order valence-corrected chi connectivity index (χ2v) is 7.92. The van der Waals surface area contributed by atoms with E-state index in [4.69, 9.17) is 0 Å². The summed E-state index contributed by atoms with van der Waals surface area (Å²) < 4.78 is 0. The molecule has 0 saturated carbocycles. The van der Waals surface area contributed by atoms with Gasteiger partial charge in [-0.15, -0.1) is 0 Å². The fourth-order valence-corrected chi connectivity index (χ4v) is 3.76. The Morgan fingerprint density at radius 1 is 1.21 bits per heavy atom. The van der Waals surface area contributed by atoms with Gasteiger partial charge in [-0.05, 0) is 39.2 Å². The van der Waals surface area contributed by atoms with Gasteiger partial charge in [-0.3, -0.25) is 14.6 Å². The standard InChI is InChI=1S/C22H37N5O2/c1-3-4-6-15-27(22(29)20-18-23-12-13-24-20)17-10-21(28)25-11-8-16-26-14-7-5-9-19(26)2/h12-13,18-19H,3-11,14-17H2,1-2H3,(H,25,28). The van der Waals surface area contributed by atoms with Gasteiger partial charge in [0.25, 0.3) is 5.91 Å². The lowest BCUT2D eigenvalue weighted by molar-refractivity contribution is -0.121. The van der Waals surface area contributed by atoms with Crippen molar-refractivity contribution in [2.24, 2.45) is 0 Å². The Labute approximate surface area is 175 Å². The van der Waals surface area contributed by atoms with Gasteiger partial charge in [0.15, 0.2) is 0 Å². The molecule has 2 amide bonds. The van der Waals surface area contributed by atoms with Crippen molar-refractivity contribution in [2.75, 3.05) is 32.7 Å². The second-order valence-electron chi connectivity index (χ2n) is 7.92. The first-order chi connectivity index (χ1) is 14.1. The summed E-state index contributed by atoms with van der Waals surface area (Å²) in [6, 6.07) is 0.656. The van der Waals surface area contributed by atoms with Crippen LogP contribution in [-0.2, 0) is 4.79 Å². The van der Waals surface area contributed by atoms with Crippen LogP contribution in [0.4, 0.5) is 0 Å². The summed E-state index contributed by atoms with van der Waals surface area (Å²) in [4.78, 5) is 37.3. The van der Waals surface area contributed by atoms with Gasteiger partial charge in [-0.2, -0.15) is 0 Å². The van der Waals surface area contributed by atoms with Crippen LogP contribution in [0.15, 0.2) is 18.6 Å². The van der Waals surface area contributed by atoms with Crippen LogP contribution in [0.5, 0.6) is 0 Å². The quantitative estimate of drug-likeness (QED) is 0.543. The van der Waals surface area contributed by atoms with Gasteiger partial charge in [-0.25, -0.2) is 4.98 Å². The third-order valence-electron chi connectivity index (χ3n) is 5.59. The maximum absolute atomic E-state index is 12.7. The molecular weight excluding hydrogens is 366 g/mol. The SMILES string of the molecule is CCCCCN(CCC(=O)NCCCN1CCCCC1C)C(=O)c1cnccn1. The van der Waals surface area contributed by atoms with Gasteiger partial charge >= 0.3 is 0 Å². The maximum atomic E-state index is 12.7. The van der Waals surface area contributed by atoms with Crippen molar-refractivity contribution in [1.29, 1.82) is 0 Å². The van der Waals surface area contributed by atoms with Crippen molar-refractivity contribution in [1.82, 2.24) is 25.1 Å². The number of carbonyl (C=O) groups excluding carboxylic acids is 2. The summed E-state index contributed by atoms with van der Waals surface area (Å²) in [5.41, 5.74) is 0.333. The highest BCUT2D eigenvalue weighted by atomic mass is 16.2. The molecule has 1 saturated heterocycles. The molecule has 2 rings (SSSR count). The predicted molar refractivity (Wildman–Crippen MR) is 115 cm³/mol. The summed E-state index contributed by atoms with van der Waals surface area (Å²) in [6.07, 6.45) is 12.8. The van der Waals surface area contributed by atoms with E-state index >= 15 is 0 Å². The monoisotopic (exact) mass is 403 g/mol. The van der Waals surface area contributed by atoms with Crippen molar-refractivity contribution < 1.29 is 9.59 Å². The Hall–Kier alpha value is -2.02. The molecule has 1 aliphatic rings. The van der Waals surface area contributed by atoms with E-state index in [9.17, 15) is 9.59 Å². The molecule has 1 aromatic rings. The summed E-state index contributed by atoms with van der Waals surface area (Å²) in [6.45, 7) is 8.38. The number of hydrogen-bond acceptors (Lipinski definition) is 5. The third kappa shape index (κ3) is 8.48. The number of piperidine rings is 1. The molecule has 1 atom stereocenters. The van der Waals surface area contributed by atoms with E-state index in [1.54, 1.807) is 11.1 Å². The zero-order valence-electron chi connectivity index (χ0n) is 18.1. The molecule has 0 aliphatic carbocycles. The van der Waals surface area contributed by atoms with E-state index < -0.39 is 0 Å². The Balaban J connectivity index is 1.72. The minimum atomic E-state index is -0.152. The topological polar surface area (TPSA) is 78.4 Å². The normalized spacial score (nSPS) is 17.1. The number of rotatable bonds is 12. The minimum Gasteiger partial charge on any atom is -0.356 e. The second kappa shape index (κ2) is 13.2. The van der Waals surface area contributed by atoms with Crippen LogP contribution in [0, 0.1) is 0 Å². The molecule has 0 radical (unpaired) electrons. The number of amides is 2. The number of aromatic nitrogens is 2. The van der Waals surface area contributed by atoms with Gasteiger partial charge in [-0.1, -0.05) is 26.2 Å². The number of likely N-dealkylation sites (tertiary alicyclic amines) is 1. The summed E-state index contributed by atoms with van der Waals surface area (Å²) in [5, 5.41) is 3.01. The summed E-state index contributed by atoms with van der Waals surface area (Å²) >= 11 is 0. The van der Waals surface area contributed by atoms with Gasteiger partial charge in [0, 0.05) is 51.0 Å². The average Bonchev–Trinajstić information content (AvgIpc) is 2.75. The summed E-state index contributed by atoms with van der Waals surface area (Å²) in [7, 11) is 0. The Bertz CT molecular complexity index is 610. The van der Waals surface area contributed by atoms with E-state index in [-0.39, 0.29) is 11.8 Å². The fourth-order valence-electron chi connectivity index (χ4n) is 3.76. The third-order valence-corrected chi connectivity index (χ3v) is 5.59. The van der Waals surface area contributed by atoms with Crippen molar-refractivity contribution >= 4 is 11.8 Å². The molecule has 29 heavy (non-hydrogen) atoms. The summed E-state index contributed by atoms with van der Waals surface area (Å²) in [5.74, 6) is -0.148. The molecule has 1 fully saturated rings. The number of unbranched alkanes of at least 4 members (excludes halogenated alkanes) is 2. The van der Waals surface area contributed by atoms with Crippen molar-refractivity contribution in [2.45, 2.75) is 71.3 Å². The highest BCUT2D eigenvalue weighted by molar-refractivity contribution is 5.92. The predicted octanol–water partition coefficient (Wildman–Crippen LogP) is 2.88. The van der Waals surface area contributed by atoms with E-state index in [1.165, 1.54) is 38.2 Å². The lowest BCUT2D eigenvalue weighted by atomic mass is 10.0. The number of carbonyl (C=O) groups is 2. The van der Waals surface area contributed by atoms with Crippen LogP contribution in [-0.4, -0.2) is 70.3 Å². The lowest BCUT2D eigenvalue weighted by Crippen LogP contribution is -2.39. The smallest absolute Gasteiger partial charge is 0.274 e. The molecular formula is C22H37N5O2. The molecule has 1 aromatic heterocycles. The van der Waals surface area contributed by atoms with Crippen molar-refractivity contribution in [3.63, 3.8) is 0 Å². The highest BCUT2D eigenvalue weighted by Gasteiger charge is 2.19. The van der Waals surface area contributed by atoms with Crippen molar-refractivity contribution in [3.8, 4) is 0 Å². The largest absolute Gasteiger partial charge is 0.356 e. The van der Waals surface area contributed by atoms with Crippen LogP contribution in [0.1, 0.15) is 75.7 Å². The van der Waals surface area contributed by atoms with E-state index in [0.29, 0.717) is 37.8 Å². The molecule has 162 valence electrons. The van der Waals surface area contributed by atoms with Gasteiger partial charge in [0.1, 0.15) is 5.69 Å². The van der Waals surface area contributed by atoms with Crippen LogP contribution in [0.3, 0.4) is 0 Å². The first-order valence-corrected chi connectivity index (χ1v) is 11.2. The van der Waals surface area contributed by atoms with E-state index in [0.717, 1.165) is 32.2 Å². The van der Waals surface area contributed by atoms with Crippen LogP contribution >= 0.6 is 0 Å². The molecule has 2 heterocycles. The zero-order chi connectivity index (χ0) is 20.9. The number of nitrogens with one attached hydrogen (secondary N) is 1. The van der Waals surface area contributed by atoms with Crippen LogP contribution < -0.4 is 5.32 Å². The Morgan fingerprint density at radius 3 is 2.79 bits per heavy atom. The molecule has 7 nitrogen and oxygen atoms in total. The Kier molecular flexibility index (Phi) is 10.6. The molecule has 0 bridgehead atoms. The first-order valence-electron chi connectivity index (χ1n) is 11.2. The van der Waals surface area contributed by atoms with Crippen molar-refractivity contribution in [3.05, 3.63) is 24.3 Å². The highest BCUT2D eigenvalue weighted by Crippen LogP contribution is 2.16. The van der Waals surface area contributed by atoms with Crippen LogP contribution in [0.25, 0.3) is 0 Å². The first kappa shape index (κ1) is 23.3. The van der Waals surface area contributed by atoms with E-state index in [2.05, 4.69) is 34.0 Å². The molecule has 1 unspecified atom stereocenters. The molecule has 1 N–H and O–H groups in total. The molecule has 7 heteroatoms. The molecule has 0 aromatic carbocycles. The lowest BCUT2D eigenvalue weighted by Gasteiger charge is -2.33. The van der Waals surface area contributed by atoms with Gasteiger partial charge in [0.05, 0.1) is 6.20 Å². The minimum absolute atomic E-state index is 0.00382. The Morgan fingerprint density at radius 2 is 2.07 bits per heavy atom. The van der Waals surface area contributed by atoms with Gasteiger partial charge < -0.3 is 15.1 Å². The molecule has 0 spiro atoms. The number of hydrogen-bond donors (Lipinski definition) is 1. The van der Waals surface area contributed by atoms with Crippen LogP contribution in [0.2, 0.25) is 0 Å². The average molecular weight is 404 g/mol. The fraction of sp³-hybridized carbons (Fsp3) is 0.727. The maximum Gasteiger partial charge on any atom is 0.274 e. The zero-order valence-corrected chi connectivity index (χ0v) is 18.1. The van der Waals surface area contributed by atoms with E-state index in [1.807, 2.05) is 0 Å².